The monoisotopic (exact) mass is 465 g/mol. The maximum absolute atomic E-state index is 6.00. The summed E-state index contributed by atoms with van der Waals surface area (Å²) in [6, 6.07) is 8.11. The standard InChI is InChI=1S/C26H31N3O3S/c1-7-27-22-19-13-18-15-32-26(3,4)14-20(18)29-25(19)33-24(22)16(2)28-12-11-17-9-8-10-21(30-5)23(17)31-6/h7-10,13,28H,2,11-12,14-15H2,1,3-6H3/b27-7-. The summed E-state index contributed by atoms with van der Waals surface area (Å²) in [5.74, 6) is 1.51. The summed E-state index contributed by atoms with van der Waals surface area (Å²) < 4.78 is 17.0. The van der Waals surface area contributed by atoms with Crippen molar-refractivity contribution in [2.24, 2.45) is 4.99 Å². The molecule has 4 rings (SSSR count). The minimum absolute atomic E-state index is 0.190. The Bertz CT molecular complexity index is 1210. The van der Waals surface area contributed by atoms with E-state index in [0.29, 0.717) is 13.2 Å². The third-order valence-corrected chi connectivity index (χ3v) is 6.93. The van der Waals surface area contributed by atoms with Gasteiger partial charge in [-0.05, 0) is 44.9 Å². The third kappa shape index (κ3) is 4.75. The number of nitrogens with one attached hydrogen (secondary N) is 1. The van der Waals surface area contributed by atoms with Gasteiger partial charge in [-0.1, -0.05) is 18.7 Å². The van der Waals surface area contributed by atoms with E-state index in [4.69, 9.17) is 19.2 Å². The van der Waals surface area contributed by atoms with Gasteiger partial charge in [0.05, 0.1) is 42.7 Å². The van der Waals surface area contributed by atoms with Crippen LogP contribution in [0.15, 0.2) is 35.8 Å². The van der Waals surface area contributed by atoms with Gasteiger partial charge < -0.3 is 19.5 Å². The molecule has 174 valence electrons. The van der Waals surface area contributed by atoms with Crippen molar-refractivity contribution in [3.63, 3.8) is 0 Å². The Morgan fingerprint density at radius 2 is 2.15 bits per heavy atom. The topological polar surface area (TPSA) is 65.0 Å². The molecule has 33 heavy (non-hydrogen) atoms. The Balaban J connectivity index is 1.57. The summed E-state index contributed by atoms with van der Waals surface area (Å²) in [6.07, 6.45) is 3.40. The van der Waals surface area contributed by atoms with Gasteiger partial charge >= 0.3 is 0 Å². The summed E-state index contributed by atoms with van der Waals surface area (Å²) in [5, 5.41) is 4.52. The van der Waals surface area contributed by atoms with Crippen molar-refractivity contribution in [2.45, 2.75) is 45.8 Å². The predicted molar refractivity (Wildman–Crippen MR) is 136 cm³/mol. The van der Waals surface area contributed by atoms with Crippen molar-refractivity contribution in [3.8, 4) is 11.5 Å². The van der Waals surface area contributed by atoms with Gasteiger partial charge in [0, 0.05) is 35.8 Å². The lowest BCUT2D eigenvalue weighted by Crippen LogP contribution is -2.32. The van der Waals surface area contributed by atoms with Crippen molar-refractivity contribution in [1.82, 2.24) is 10.3 Å². The van der Waals surface area contributed by atoms with Crippen LogP contribution in [0.2, 0.25) is 0 Å². The predicted octanol–water partition coefficient (Wildman–Crippen LogP) is 5.69. The maximum Gasteiger partial charge on any atom is 0.163 e. The molecule has 0 saturated carbocycles. The Labute approximate surface area is 199 Å². The van der Waals surface area contributed by atoms with Crippen LogP contribution in [0.5, 0.6) is 11.5 Å². The number of ether oxygens (including phenoxy) is 3. The molecule has 1 aromatic carbocycles. The van der Waals surface area contributed by atoms with E-state index in [2.05, 4.69) is 42.9 Å². The van der Waals surface area contributed by atoms with Gasteiger partial charge in [0.15, 0.2) is 11.5 Å². The van der Waals surface area contributed by atoms with Gasteiger partial charge in [0.2, 0.25) is 0 Å². The normalized spacial score (nSPS) is 14.9. The van der Waals surface area contributed by atoms with E-state index < -0.39 is 0 Å². The smallest absolute Gasteiger partial charge is 0.163 e. The number of hydrogen-bond acceptors (Lipinski definition) is 7. The van der Waals surface area contributed by atoms with E-state index >= 15 is 0 Å². The molecule has 3 heterocycles. The molecule has 1 aliphatic rings. The molecule has 0 aliphatic carbocycles. The number of methoxy groups -OCH3 is 2. The highest BCUT2D eigenvalue weighted by atomic mass is 32.1. The summed E-state index contributed by atoms with van der Waals surface area (Å²) in [5.41, 5.74) is 4.90. The number of aliphatic imine (C=N–C) groups is 1. The van der Waals surface area contributed by atoms with E-state index in [1.165, 1.54) is 0 Å². The largest absolute Gasteiger partial charge is 0.493 e. The number of hydrogen-bond donors (Lipinski definition) is 1. The van der Waals surface area contributed by atoms with E-state index in [-0.39, 0.29) is 5.60 Å². The molecule has 0 saturated heterocycles. The van der Waals surface area contributed by atoms with Crippen LogP contribution in [-0.2, 0) is 24.2 Å². The quantitative estimate of drug-likeness (QED) is 0.433. The Morgan fingerprint density at radius 1 is 1.33 bits per heavy atom. The first-order valence-corrected chi connectivity index (χ1v) is 11.9. The SMILES string of the molecule is C=C(NCCc1cccc(OC)c1OC)c1sc2nc3c(cc2c1/N=C\C)COC(C)(C)C3. The number of rotatable bonds is 8. The lowest BCUT2D eigenvalue weighted by molar-refractivity contribution is -0.0411. The molecule has 0 bridgehead atoms. The molecule has 2 aromatic heterocycles. The highest BCUT2D eigenvalue weighted by molar-refractivity contribution is 7.20. The molecule has 1 aliphatic heterocycles. The van der Waals surface area contributed by atoms with Gasteiger partial charge in [-0.25, -0.2) is 4.98 Å². The second-order valence-corrected chi connectivity index (χ2v) is 9.65. The molecule has 0 radical (unpaired) electrons. The Morgan fingerprint density at radius 3 is 2.88 bits per heavy atom. The van der Waals surface area contributed by atoms with Crippen LogP contribution in [0.4, 0.5) is 5.69 Å². The van der Waals surface area contributed by atoms with Crippen molar-refractivity contribution >= 4 is 39.2 Å². The third-order valence-electron chi connectivity index (χ3n) is 5.79. The first kappa shape index (κ1) is 23.3. The number of benzene rings is 1. The molecule has 3 aromatic rings. The van der Waals surface area contributed by atoms with Gasteiger partial charge in [-0.3, -0.25) is 4.99 Å². The van der Waals surface area contributed by atoms with Crippen LogP contribution in [0.1, 0.15) is 42.5 Å². The average Bonchev–Trinajstić information content (AvgIpc) is 3.14. The maximum atomic E-state index is 6.00. The summed E-state index contributed by atoms with van der Waals surface area (Å²) in [6.45, 7) is 11.7. The van der Waals surface area contributed by atoms with Crippen molar-refractivity contribution in [2.75, 3.05) is 20.8 Å². The minimum Gasteiger partial charge on any atom is -0.493 e. The number of nitrogens with zero attached hydrogens (tertiary/aromatic N) is 2. The molecule has 1 N–H and O–H groups in total. The molecule has 7 heteroatoms. The summed E-state index contributed by atoms with van der Waals surface area (Å²) in [7, 11) is 3.32. The van der Waals surface area contributed by atoms with Crippen LogP contribution < -0.4 is 14.8 Å². The van der Waals surface area contributed by atoms with Crippen LogP contribution in [-0.4, -0.2) is 37.6 Å². The second-order valence-electron chi connectivity index (χ2n) is 8.65. The van der Waals surface area contributed by atoms with E-state index in [0.717, 1.165) is 67.6 Å². The van der Waals surface area contributed by atoms with Crippen molar-refractivity contribution in [3.05, 3.63) is 52.5 Å². The number of para-hydroxylation sites is 1. The van der Waals surface area contributed by atoms with Gasteiger partial charge in [0.25, 0.3) is 0 Å². The molecular formula is C26H31N3O3S. The second kappa shape index (κ2) is 9.53. The molecule has 0 unspecified atom stereocenters. The van der Waals surface area contributed by atoms with Gasteiger partial charge in [-0.15, -0.1) is 11.3 Å². The van der Waals surface area contributed by atoms with Crippen molar-refractivity contribution < 1.29 is 14.2 Å². The molecule has 0 spiro atoms. The summed E-state index contributed by atoms with van der Waals surface area (Å²) >= 11 is 1.63. The fourth-order valence-corrected chi connectivity index (χ4v) is 5.20. The van der Waals surface area contributed by atoms with Crippen LogP contribution >= 0.6 is 11.3 Å². The Kier molecular flexibility index (Phi) is 6.72. The molecule has 0 atom stereocenters. The minimum atomic E-state index is -0.190. The zero-order valence-electron chi connectivity index (χ0n) is 19.9. The fourth-order valence-electron chi connectivity index (χ4n) is 4.13. The molecular weight excluding hydrogens is 434 g/mol. The number of fused-ring (bicyclic) bond motifs is 2. The zero-order chi connectivity index (χ0) is 23.6. The van der Waals surface area contributed by atoms with Crippen LogP contribution in [0.3, 0.4) is 0 Å². The number of thiophene rings is 1. The molecule has 6 nitrogen and oxygen atoms in total. The van der Waals surface area contributed by atoms with E-state index in [1.807, 2.05) is 25.3 Å². The highest BCUT2D eigenvalue weighted by Gasteiger charge is 2.28. The molecule has 0 fully saturated rings. The average molecular weight is 466 g/mol. The fraction of sp³-hybridized carbons (Fsp3) is 0.385. The lowest BCUT2D eigenvalue weighted by atomic mass is 9.95. The first-order valence-electron chi connectivity index (χ1n) is 11.1. The summed E-state index contributed by atoms with van der Waals surface area (Å²) in [4.78, 5) is 11.7. The number of pyridine rings is 1. The van der Waals surface area contributed by atoms with Crippen LogP contribution in [0, 0.1) is 0 Å². The number of aromatic nitrogens is 1. The Hall–Kier alpha value is -2.90. The van der Waals surface area contributed by atoms with Crippen molar-refractivity contribution in [1.29, 1.82) is 0 Å². The highest BCUT2D eigenvalue weighted by Crippen LogP contribution is 2.42. The first-order chi connectivity index (χ1) is 15.9. The lowest BCUT2D eigenvalue weighted by Gasteiger charge is -2.30. The van der Waals surface area contributed by atoms with Gasteiger partial charge in [-0.2, -0.15) is 0 Å². The van der Waals surface area contributed by atoms with Gasteiger partial charge in [0.1, 0.15) is 4.83 Å². The van der Waals surface area contributed by atoms with Crippen LogP contribution in [0.25, 0.3) is 15.9 Å². The zero-order valence-corrected chi connectivity index (χ0v) is 20.8. The van der Waals surface area contributed by atoms with E-state index in [1.54, 1.807) is 25.6 Å². The van der Waals surface area contributed by atoms with E-state index in [9.17, 15) is 0 Å². The molecule has 0 amide bonds.